The normalized spacial score (nSPS) is 12.0. The zero-order chi connectivity index (χ0) is 20.3. The van der Waals surface area contributed by atoms with Crippen molar-refractivity contribution in [3.8, 4) is 16.8 Å². The third-order valence-corrected chi connectivity index (χ3v) is 4.72. The maximum Gasteiger partial charge on any atom is 0.251 e. The maximum atomic E-state index is 12.7. The quantitative estimate of drug-likeness (QED) is 0.638. The number of carbonyl (C=O) groups is 1. The van der Waals surface area contributed by atoms with Crippen molar-refractivity contribution in [2.45, 2.75) is 26.3 Å². The molecule has 0 spiro atoms. The fourth-order valence-corrected chi connectivity index (χ4v) is 3.24. The van der Waals surface area contributed by atoms with Gasteiger partial charge in [0.15, 0.2) is 5.82 Å². The van der Waals surface area contributed by atoms with Gasteiger partial charge in [0, 0.05) is 33.6 Å². The van der Waals surface area contributed by atoms with Crippen molar-refractivity contribution in [3.05, 3.63) is 57.8 Å². The number of nitrogens with zero attached hydrogens (tertiary/aromatic N) is 4. The number of rotatable bonds is 6. The monoisotopic (exact) mass is 419 g/mol. The van der Waals surface area contributed by atoms with Crippen molar-refractivity contribution in [3.63, 3.8) is 0 Å². The number of aliphatic hydroxyl groups is 1. The topological polar surface area (TPSA) is 92.9 Å². The summed E-state index contributed by atoms with van der Waals surface area (Å²) in [5, 5.41) is 24.7. The van der Waals surface area contributed by atoms with E-state index in [1.165, 1.54) is 0 Å². The molecule has 9 heteroatoms. The van der Waals surface area contributed by atoms with Gasteiger partial charge in [-0.05, 0) is 53.2 Å². The Morgan fingerprint density at radius 1 is 1.25 bits per heavy atom. The molecule has 7 nitrogen and oxygen atoms in total. The molecule has 0 fully saturated rings. The van der Waals surface area contributed by atoms with Crippen molar-refractivity contribution < 1.29 is 9.90 Å². The van der Waals surface area contributed by atoms with E-state index in [-0.39, 0.29) is 18.6 Å². The Balaban J connectivity index is 2.15. The van der Waals surface area contributed by atoms with Gasteiger partial charge in [-0.1, -0.05) is 36.2 Å². The molecule has 0 aliphatic heterocycles. The van der Waals surface area contributed by atoms with E-state index in [1.807, 2.05) is 13.0 Å². The lowest BCUT2D eigenvalue weighted by Crippen LogP contribution is -2.35. The molecule has 28 heavy (non-hydrogen) atoms. The molecule has 1 atom stereocenters. The molecular formula is C19H19Cl2N5O2. The first-order chi connectivity index (χ1) is 13.4. The number of tetrazole rings is 1. The summed E-state index contributed by atoms with van der Waals surface area (Å²) in [6.07, 6.45) is 0.627. The van der Waals surface area contributed by atoms with E-state index < -0.39 is 0 Å². The van der Waals surface area contributed by atoms with Gasteiger partial charge >= 0.3 is 0 Å². The van der Waals surface area contributed by atoms with E-state index in [2.05, 4.69) is 20.8 Å². The molecule has 3 rings (SSSR count). The van der Waals surface area contributed by atoms with Crippen LogP contribution in [0.15, 0.2) is 36.4 Å². The van der Waals surface area contributed by atoms with E-state index in [1.54, 1.807) is 41.9 Å². The largest absolute Gasteiger partial charge is 0.394 e. The minimum atomic E-state index is -0.377. The van der Waals surface area contributed by atoms with Gasteiger partial charge in [0.2, 0.25) is 0 Å². The molecule has 3 aromatic rings. The number of aryl methyl sites for hydroxylation is 1. The average molecular weight is 420 g/mol. The van der Waals surface area contributed by atoms with Gasteiger partial charge in [0.1, 0.15) is 0 Å². The van der Waals surface area contributed by atoms with Crippen LogP contribution in [0, 0.1) is 0 Å². The van der Waals surface area contributed by atoms with Gasteiger partial charge < -0.3 is 10.4 Å². The number of aromatic nitrogens is 4. The first kappa shape index (κ1) is 20.3. The molecule has 0 aliphatic rings. The minimum Gasteiger partial charge on any atom is -0.394 e. The highest BCUT2D eigenvalue weighted by molar-refractivity contribution is 6.36. The number of hydrogen-bond donors (Lipinski definition) is 2. The molecule has 0 bridgehead atoms. The Kier molecular flexibility index (Phi) is 6.28. The second-order valence-corrected chi connectivity index (χ2v) is 7.15. The first-order valence-electron chi connectivity index (χ1n) is 8.72. The summed E-state index contributed by atoms with van der Waals surface area (Å²) >= 11 is 12.4. The van der Waals surface area contributed by atoms with Crippen LogP contribution in [0.25, 0.3) is 16.8 Å². The zero-order valence-electron chi connectivity index (χ0n) is 15.4. The fourth-order valence-electron chi connectivity index (χ4n) is 2.72. The molecule has 1 heterocycles. The standard InChI is InChI=1S/C19H19Cl2N5O2/c1-3-18-23-24-25-26(18)15-7-12(16-5-4-14(20)9-17(16)21)6-13(8-15)19(28)22-11(2)10-27/h4-9,11,27H,3,10H2,1-2H3,(H,22,28)/t11-/m0/s1. The van der Waals surface area contributed by atoms with Crippen LogP contribution in [0.4, 0.5) is 0 Å². The van der Waals surface area contributed by atoms with Crippen LogP contribution in [0.5, 0.6) is 0 Å². The average Bonchev–Trinajstić information content (AvgIpc) is 3.16. The predicted molar refractivity (Wildman–Crippen MR) is 108 cm³/mol. The molecule has 2 aromatic carbocycles. The van der Waals surface area contributed by atoms with E-state index in [4.69, 9.17) is 23.2 Å². The van der Waals surface area contributed by atoms with Crippen LogP contribution in [0.1, 0.15) is 30.0 Å². The van der Waals surface area contributed by atoms with Gasteiger partial charge in [0.25, 0.3) is 5.91 Å². The Labute approximate surface area is 172 Å². The molecule has 0 unspecified atom stereocenters. The van der Waals surface area contributed by atoms with Crippen molar-refractivity contribution in [2.24, 2.45) is 0 Å². The van der Waals surface area contributed by atoms with E-state index in [0.29, 0.717) is 33.5 Å². The summed E-state index contributed by atoms with van der Waals surface area (Å²) < 4.78 is 1.58. The van der Waals surface area contributed by atoms with Crippen molar-refractivity contribution >= 4 is 29.1 Å². The van der Waals surface area contributed by atoms with Crippen LogP contribution in [0.2, 0.25) is 10.0 Å². The Bertz CT molecular complexity index is 1010. The summed E-state index contributed by atoms with van der Waals surface area (Å²) in [7, 11) is 0. The number of nitrogens with one attached hydrogen (secondary N) is 1. The zero-order valence-corrected chi connectivity index (χ0v) is 16.9. The number of amides is 1. The molecule has 1 amide bonds. The number of halogens is 2. The van der Waals surface area contributed by atoms with Crippen LogP contribution < -0.4 is 5.32 Å². The second kappa shape index (κ2) is 8.68. The summed E-state index contributed by atoms with van der Waals surface area (Å²) in [6.45, 7) is 3.50. The number of benzene rings is 2. The maximum absolute atomic E-state index is 12.7. The highest BCUT2D eigenvalue weighted by atomic mass is 35.5. The van der Waals surface area contributed by atoms with Gasteiger partial charge in [-0.25, -0.2) is 0 Å². The highest BCUT2D eigenvalue weighted by Gasteiger charge is 2.16. The van der Waals surface area contributed by atoms with E-state index in [9.17, 15) is 9.90 Å². The van der Waals surface area contributed by atoms with Crippen molar-refractivity contribution in [1.29, 1.82) is 0 Å². The number of aliphatic hydroxyl groups excluding tert-OH is 1. The molecule has 0 saturated heterocycles. The molecule has 2 N–H and O–H groups in total. The van der Waals surface area contributed by atoms with Gasteiger partial charge in [-0.2, -0.15) is 4.68 Å². The summed E-state index contributed by atoms with van der Waals surface area (Å²) in [6, 6.07) is 10.1. The molecular weight excluding hydrogens is 401 g/mol. The van der Waals surface area contributed by atoms with Gasteiger partial charge in [-0.3, -0.25) is 4.79 Å². The van der Waals surface area contributed by atoms with Gasteiger partial charge in [0.05, 0.1) is 12.3 Å². The SMILES string of the molecule is CCc1nnnn1-c1cc(C(=O)N[C@@H](C)CO)cc(-c2ccc(Cl)cc2Cl)c1. The summed E-state index contributed by atoms with van der Waals surface area (Å²) in [5.41, 5.74) is 2.48. The lowest BCUT2D eigenvalue weighted by molar-refractivity contribution is 0.0922. The minimum absolute atomic E-state index is 0.158. The molecule has 0 radical (unpaired) electrons. The lowest BCUT2D eigenvalue weighted by atomic mass is 10.0. The van der Waals surface area contributed by atoms with Crippen molar-refractivity contribution in [2.75, 3.05) is 6.61 Å². The molecule has 0 aliphatic carbocycles. The second-order valence-electron chi connectivity index (χ2n) is 6.31. The van der Waals surface area contributed by atoms with Crippen molar-refractivity contribution in [1.82, 2.24) is 25.5 Å². The third kappa shape index (κ3) is 4.32. The van der Waals surface area contributed by atoms with Crippen LogP contribution in [0.3, 0.4) is 0 Å². The van der Waals surface area contributed by atoms with Crippen LogP contribution >= 0.6 is 23.2 Å². The smallest absolute Gasteiger partial charge is 0.251 e. The van der Waals surface area contributed by atoms with Gasteiger partial charge in [-0.15, -0.1) is 5.10 Å². The third-order valence-electron chi connectivity index (χ3n) is 4.17. The Hall–Kier alpha value is -2.48. The Morgan fingerprint density at radius 3 is 2.71 bits per heavy atom. The fraction of sp³-hybridized carbons (Fsp3) is 0.263. The first-order valence-corrected chi connectivity index (χ1v) is 9.48. The van der Waals surface area contributed by atoms with E-state index in [0.717, 1.165) is 11.1 Å². The van der Waals surface area contributed by atoms with Crippen LogP contribution in [-0.2, 0) is 6.42 Å². The molecule has 0 saturated carbocycles. The number of hydrogen-bond acceptors (Lipinski definition) is 5. The molecule has 146 valence electrons. The summed E-state index contributed by atoms with van der Waals surface area (Å²) in [4.78, 5) is 12.7. The van der Waals surface area contributed by atoms with Crippen LogP contribution in [-0.4, -0.2) is 43.9 Å². The van der Waals surface area contributed by atoms with E-state index >= 15 is 0 Å². The summed E-state index contributed by atoms with van der Waals surface area (Å²) in [5.74, 6) is 0.343. The Morgan fingerprint density at radius 2 is 2.04 bits per heavy atom. The number of carbonyl (C=O) groups excluding carboxylic acids is 1. The molecule has 1 aromatic heterocycles. The lowest BCUT2D eigenvalue weighted by Gasteiger charge is -2.14. The predicted octanol–water partition coefficient (Wildman–Crippen LogP) is 3.31. The highest BCUT2D eigenvalue weighted by Crippen LogP contribution is 2.32.